The van der Waals surface area contributed by atoms with Crippen LogP contribution in [-0.4, -0.2) is 18.0 Å². The normalized spacial score (nSPS) is 12.6. The summed E-state index contributed by atoms with van der Waals surface area (Å²) in [6.07, 6.45) is 5.27. The van der Waals surface area contributed by atoms with Crippen molar-refractivity contribution in [3.8, 4) is 0 Å². The largest absolute Gasteiger partial charge is 0.449 e. The van der Waals surface area contributed by atoms with Gasteiger partial charge < -0.3 is 10.1 Å². The monoisotopic (exact) mass is 327 g/mol. The molecule has 1 amide bonds. The van der Waals surface area contributed by atoms with Crippen molar-refractivity contribution in [1.82, 2.24) is 0 Å². The summed E-state index contributed by atoms with van der Waals surface area (Å²) in [6.45, 7) is 3.29. The predicted molar refractivity (Wildman–Crippen MR) is 84.6 cm³/mol. The highest BCUT2D eigenvalue weighted by molar-refractivity contribution is 6.36. The van der Waals surface area contributed by atoms with Gasteiger partial charge in [-0.15, -0.1) is 0 Å². The summed E-state index contributed by atoms with van der Waals surface area (Å²) in [7, 11) is 0. The van der Waals surface area contributed by atoms with Gasteiger partial charge in [-0.25, -0.2) is 4.79 Å². The molecular weight excluding hydrogens is 313 g/mol. The molecule has 0 heterocycles. The number of carbonyl (C=O) groups excluding carboxylic acids is 2. The Labute approximate surface area is 133 Å². The molecular formula is C15H15Cl2NO3. The van der Waals surface area contributed by atoms with E-state index in [4.69, 9.17) is 27.9 Å². The van der Waals surface area contributed by atoms with Gasteiger partial charge in [-0.2, -0.15) is 0 Å². The molecule has 0 aromatic heterocycles. The number of esters is 1. The fourth-order valence-electron chi connectivity index (χ4n) is 1.34. The number of carbonyl (C=O) groups is 2. The molecule has 0 aliphatic carbocycles. The van der Waals surface area contributed by atoms with Crippen molar-refractivity contribution in [2.45, 2.75) is 20.0 Å². The average molecular weight is 328 g/mol. The first-order valence-corrected chi connectivity index (χ1v) is 6.95. The maximum atomic E-state index is 11.9. The Kier molecular flexibility index (Phi) is 6.99. The van der Waals surface area contributed by atoms with Crippen LogP contribution in [0, 0.1) is 0 Å². The zero-order valence-electron chi connectivity index (χ0n) is 11.6. The lowest BCUT2D eigenvalue weighted by molar-refractivity contribution is -0.148. The van der Waals surface area contributed by atoms with Gasteiger partial charge in [0.2, 0.25) is 0 Å². The van der Waals surface area contributed by atoms with Crippen molar-refractivity contribution in [2.24, 2.45) is 0 Å². The fourth-order valence-corrected chi connectivity index (χ4v) is 1.79. The zero-order valence-corrected chi connectivity index (χ0v) is 13.1. The summed E-state index contributed by atoms with van der Waals surface area (Å²) >= 11 is 11.7. The summed E-state index contributed by atoms with van der Waals surface area (Å²) < 4.78 is 4.95. The second kappa shape index (κ2) is 8.49. The molecule has 21 heavy (non-hydrogen) atoms. The molecule has 1 N–H and O–H groups in total. The summed E-state index contributed by atoms with van der Waals surface area (Å²) in [6, 6.07) is 4.68. The van der Waals surface area contributed by atoms with Crippen LogP contribution < -0.4 is 5.32 Å². The minimum Gasteiger partial charge on any atom is -0.449 e. The topological polar surface area (TPSA) is 55.4 Å². The SMILES string of the molecule is C/C=C/C=C/C(=O)O[C@H](C)C(=O)Nc1ccc(Cl)cc1Cl. The standard InChI is InChI=1S/C15H15Cl2NO3/c1-3-4-5-6-14(19)21-10(2)15(20)18-13-8-7-11(16)9-12(13)17/h3-10H,1-2H3,(H,18,20)/b4-3+,6-5+/t10-/m1/s1. The Hall–Kier alpha value is -1.78. The number of nitrogens with one attached hydrogen (secondary N) is 1. The van der Waals surface area contributed by atoms with E-state index in [1.165, 1.54) is 25.1 Å². The van der Waals surface area contributed by atoms with E-state index in [2.05, 4.69) is 5.32 Å². The molecule has 0 saturated carbocycles. The molecule has 0 radical (unpaired) electrons. The van der Waals surface area contributed by atoms with Crippen molar-refractivity contribution in [2.75, 3.05) is 5.32 Å². The number of ether oxygens (including phenoxy) is 1. The van der Waals surface area contributed by atoms with Crippen molar-refractivity contribution in [3.05, 3.63) is 52.5 Å². The molecule has 0 bridgehead atoms. The Morgan fingerprint density at radius 3 is 2.62 bits per heavy atom. The van der Waals surface area contributed by atoms with E-state index in [1.807, 2.05) is 6.92 Å². The molecule has 1 atom stereocenters. The van der Waals surface area contributed by atoms with Gasteiger partial charge >= 0.3 is 5.97 Å². The Morgan fingerprint density at radius 1 is 1.29 bits per heavy atom. The number of benzene rings is 1. The van der Waals surface area contributed by atoms with Crippen molar-refractivity contribution in [1.29, 1.82) is 0 Å². The van der Waals surface area contributed by atoms with Crippen LogP contribution in [-0.2, 0) is 14.3 Å². The number of amides is 1. The van der Waals surface area contributed by atoms with Gasteiger partial charge in [-0.3, -0.25) is 4.79 Å². The number of anilines is 1. The molecule has 1 aromatic carbocycles. The van der Waals surface area contributed by atoms with Gasteiger partial charge in [-0.05, 0) is 32.0 Å². The van der Waals surface area contributed by atoms with Gasteiger partial charge in [0.1, 0.15) is 0 Å². The van der Waals surface area contributed by atoms with Gasteiger partial charge in [-0.1, -0.05) is 41.4 Å². The van der Waals surface area contributed by atoms with E-state index < -0.39 is 18.0 Å². The third-order valence-corrected chi connectivity index (χ3v) is 2.93. The first-order valence-electron chi connectivity index (χ1n) is 6.20. The molecule has 4 nitrogen and oxygen atoms in total. The molecule has 112 valence electrons. The number of allylic oxidation sites excluding steroid dienone is 3. The minimum absolute atomic E-state index is 0.308. The first-order chi connectivity index (χ1) is 9.93. The lowest BCUT2D eigenvalue weighted by Gasteiger charge is -2.13. The summed E-state index contributed by atoms with van der Waals surface area (Å²) in [5, 5.41) is 3.34. The fraction of sp³-hybridized carbons (Fsp3) is 0.200. The Balaban J connectivity index is 2.60. The third kappa shape index (κ3) is 6.02. The maximum Gasteiger partial charge on any atom is 0.331 e. The number of hydrogen-bond donors (Lipinski definition) is 1. The van der Waals surface area contributed by atoms with Crippen LogP contribution >= 0.6 is 23.2 Å². The van der Waals surface area contributed by atoms with Crippen LogP contribution in [0.15, 0.2) is 42.5 Å². The number of halogens is 2. The van der Waals surface area contributed by atoms with E-state index in [9.17, 15) is 9.59 Å². The van der Waals surface area contributed by atoms with Gasteiger partial charge in [0, 0.05) is 11.1 Å². The molecule has 0 spiro atoms. The summed E-state index contributed by atoms with van der Waals surface area (Å²) in [4.78, 5) is 23.3. The Bertz CT molecular complexity index is 582. The van der Waals surface area contributed by atoms with Gasteiger partial charge in [0.25, 0.3) is 5.91 Å². The van der Waals surface area contributed by atoms with E-state index in [0.29, 0.717) is 15.7 Å². The molecule has 0 aliphatic rings. The molecule has 6 heteroatoms. The lowest BCUT2D eigenvalue weighted by atomic mass is 10.3. The Morgan fingerprint density at radius 2 is 2.00 bits per heavy atom. The number of hydrogen-bond acceptors (Lipinski definition) is 3. The van der Waals surface area contributed by atoms with Gasteiger partial charge in [0.05, 0.1) is 10.7 Å². The highest BCUT2D eigenvalue weighted by atomic mass is 35.5. The second-order valence-electron chi connectivity index (χ2n) is 4.08. The molecule has 0 aliphatic heterocycles. The molecule has 1 aromatic rings. The van der Waals surface area contributed by atoms with E-state index >= 15 is 0 Å². The van der Waals surface area contributed by atoms with Crippen LogP contribution in [0.4, 0.5) is 5.69 Å². The van der Waals surface area contributed by atoms with Crippen molar-refractivity contribution < 1.29 is 14.3 Å². The molecule has 0 saturated heterocycles. The smallest absolute Gasteiger partial charge is 0.331 e. The van der Waals surface area contributed by atoms with Crippen molar-refractivity contribution in [3.63, 3.8) is 0 Å². The van der Waals surface area contributed by atoms with E-state index in [-0.39, 0.29) is 0 Å². The first kappa shape index (κ1) is 17.3. The second-order valence-corrected chi connectivity index (χ2v) is 4.92. The quantitative estimate of drug-likeness (QED) is 0.505. The minimum atomic E-state index is -0.945. The van der Waals surface area contributed by atoms with Crippen LogP contribution in [0.1, 0.15) is 13.8 Å². The number of rotatable bonds is 5. The zero-order chi connectivity index (χ0) is 15.8. The highest BCUT2D eigenvalue weighted by Crippen LogP contribution is 2.25. The van der Waals surface area contributed by atoms with Crippen LogP contribution in [0.5, 0.6) is 0 Å². The lowest BCUT2D eigenvalue weighted by Crippen LogP contribution is -2.29. The summed E-state index contributed by atoms with van der Waals surface area (Å²) in [5.74, 6) is -1.08. The molecule has 0 unspecified atom stereocenters. The molecule has 1 rings (SSSR count). The van der Waals surface area contributed by atoms with Gasteiger partial charge in [0.15, 0.2) is 6.10 Å². The highest BCUT2D eigenvalue weighted by Gasteiger charge is 2.17. The third-order valence-electron chi connectivity index (χ3n) is 2.39. The van der Waals surface area contributed by atoms with Crippen LogP contribution in [0.25, 0.3) is 0 Å². The van der Waals surface area contributed by atoms with Crippen LogP contribution in [0.3, 0.4) is 0 Å². The predicted octanol–water partition coefficient (Wildman–Crippen LogP) is 4.00. The summed E-state index contributed by atoms with van der Waals surface area (Å²) in [5.41, 5.74) is 0.401. The molecule has 0 fully saturated rings. The maximum absolute atomic E-state index is 11.9. The van der Waals surface area contributed by atoms with E-state index in [0.717, 1.165) is 0 Å². The van der Waals surface area contributed by atoms with Crippen LogP contribution in [0.2, 0.25) is 10.0 Å². The average Bonchev–Trinajstić information content (AvgIpc) is 2.42. The van der Waals surface area contributed by atoms with E-state index in [1.54, 1.807) is 24.3 Å². The van der Waals surface area contributed by atoms with Crippen molar-refractivity contribution >= 4 is 40.8 Å².